The Labute approximate surface area is 224 Å². The van der Waals surface area contributed by atoms with Crippen molar-refractivity contribution < 1.29 is 0 Å². The fraction of sp³-hybridized carbons (Fsp3) is 0.235. The zero-order valence-corrected chi connectivity index (χ0v) is 23.1. The molecule has 38 heavy (non-hydrogen) atoms. The third-order valence-corrected chi connectivity index (χ3v) is 8.03. The Balaban J connectivity index is 1.82. The summed E-state index contributed by atoms with van der Waals surface area (Å²) in [5, 5.41) is 0. The molecule has 0 amide bonds. The van der Waals surface area contributed by atoms with E-state index in [1.807, 2.05) is 0 Å². The second kappa shape index (κ2) is 9.29. The summed E-state index contributed by atoms with van der Waals surface area (Å²) in [5.41, 5.74) is 18.2. The van der Waals surface area contributed by atoms with Crippen molar-refractivity contribution in [3.63, 3.8) is 0 Å². The first-order chi connectivity index (χ1) is 18.4. The van der Waals surface area contributed by atoms with Gasteiger partial charge in [0.25, 0.3) is 0 Å². The minimum Gasteiger partial charge on any atom is -0.355 e. The quantitative estimate of drug-likeness (QED) is 0.296. The van der Waals surface area contributed by atoms with Crippen LogP contribution in [0.2, 0.25) is 0 Å². The highest BCUT2D eigenvalue weighted by atomic mass is 14.8. The van der Waals surface area contributed by atoms with Crippen LogP contribution in [0.3, 0.4) is 0 Å². The lowest BCUT2D eigenvalue weighted by molar-refractivity contribution is 1.14. The van der Waals surface area contributed by atoms with Gasteiger partial charge in [-0.25, -0.2) is 9.97 Å². The molecule has 8 bridgehead atoms. The van der Waals surface area contributed by atoms with Crippen LogP contribution in [-0.4, -0.2) is 19.9 Å². The fourth-order valence-corrected chi connectivity index (χ4v) is 5.85. The summed E-state index contributed by atoms with van der Waals surface area (Å²) in [6, 6.07) is 19.4. The van der Waals surface area contributed by atoms with Gasteiger partial charge in [0.05, 0.1) is 22.8 Å². The van der Waals surface area contributed by atoms with E-state index in [0.717, 1.165) is 74.4 Å². The fourth-order valence-electron chi connectivity index (χ4n) is 5.85. The maximum atomic E-state index is 5.16. The van der Waals surface area contributed by atoms with E-state index in [-0.39, 0.29) is 0 Å². The van der Waals surface area contributed by atoms with Crippen molar-refractivity contribution in [3.8, 4) is 11.1 Å². The van der Waals surface area contributed by atoms with Crippen LogP contribution in [0.25, 0.3) is 56.0 Å². The number of hydrogen-bond acceptors (Lipinski definition) is 2. The minimum absolute atomic E-state index is 0.938. The molecule has 6 rings (SSSR count). The van der Waals surface area contributed by atoms with Crippen LogP contribution in [0, 0.1) is 13.8 Å². The maximum Gasteiger partial charge on any atom is 0.0739 e. The molecule has 0 atom stereocenters. The van der Waals surface area contributed by atoms with Crippen LogP contribution in [0.1, 0.15) is 73.6 Å². The molecule has 4 nitrogen and oxygen atoms in total. The molecular formula is C34H34N4. The van der Waals surface area contributed by atoms with Crippen LogP contribution in [0.5, 0.6) is 0 Å². The second-order valence-electron chi connectivity index (χ2n) is 10.4. The molecule has 4 aromatic rings. The van der Waals surface area contributed by atoms with Crippen LogP contribution in [0.15, 0.2) is 54.6 Å². The average molecular weight is 499 g/mol. The molecule has 0 aliphatic carbocycles. The topological polar surface area (TPSA) is 57.4 Å². The van der Waals surface area contributed by atoms with Gasteiger partial charge >= 0.3 is 0 Å². The van der Waals surface area contributed by atoms with Crippen molar-refractivity contribution in [1.82, 2.24) is 19.9 Å². The third-order valence-electron chi connectivity index (χ3n) is 8.03. The number of aromatic nitrogens is 4. The number of aryl methyl sites for hydroxylation is 3. The van der Waals surface area contributed by atoms with E-state index in [1.54, 1.807) is 0 Å². The average Bonchev–Trinajstić information content (AvgIpc) is 3.61. The van der Waals surface area contributed by atoms with Crippen molar-refractivity contribution in [2.75, 3.05) is 0 Å². The summed E-state index contributed by atoms with van der Waals surface area (Å²) in [6.07, 6.45) is 4.10. The molecule has 5 heterocycles. The highest BCUT2D eigenvalue weighted by molar-refractivity contribution is 5.96. The smallest absolute Gasteiger partial charge is 0.0739 e. The van der Waals surface area contributed by atoms with E-state index in [9.17, 15) is 0 Å². The molecule has 0 saturated heterocycles. The van der Waals surface area contributed by atoms with E-state index in [4.69, 9.17) is 9.97 Å². The summed E-state index contributed by atoms with van der Waals surface area (Å²) in [7, 11) is 0. The van der Waals surface area contributed by atoms with Gasteiger partial charge in [0, 0.05) is 27.6 Å². The van der Waals surface area contributed by atoms with Gasteiger partial charge in [0.2, 0.25) is 0 Å². The lowest BCUT2D eigenvalue weighted by atomic mass is 10.0. The van der Waals surface area contributed by atoms with E-state index in [2.05, 4.69) is 112 Å². The Morgan fingerprint density at radius 2 is 1.45 bits per heavy atom. The molecule has 4 heteroatoms. The molecule has 0 saturated carbocycles. The Hall–Kier alpha value is -4.18. The van der Waals surface area contributed by atoms with Crippen LogP contribution in [0.4, 0.5) is 0 Å². The predicted octanol–water partition coefficient (Wildman–Crippen LogP) is 9.06. The Morgan fingerprint density at radius 3 is 2.18 bits per heavy atom. The third kappa shape index (κ3) is 3.92. The van der Waals surface area contributed by atoms with Gasteiger partial charge in [-0.2, -0.15) is 0 Å². The number of fused-ring (bicyclic) bond motifs is 8. The monoisotopic (exact) mass is 498 g/mol. The number of allylic oxidation sites excluding steroid dienone is 3. The highest BCUT2D eigenvalue weighted by Gasteiger charge is 2.19. The van der Waals surface area contributed by atoms with E-state index in [1.165, 1.54) is 27.8 Å². The Bertz CT molecular complexity index is 1810. The first kappa shape index (κ1) is 24.2. The number of nitrogens with zero attached hydrogens (tertiary/aromatic N) is 2. The van der Waals surface area contributed by atoms with Gasteiger partial charge in [-0.15, -0.1) is 0 Å². The summed E-state index contributed by atoms with van der Waals surface area (Å²) in [5.74, 6) is 0. The van der Waals surface area contributed by atoms with Crippen molar-refractivity contribution in [1.29, 1.82) is 0 Å². The van der Waals surface area contributed by atoms with Gasteiger partial charge in [-0.1, -0.05) is 44.2 Å². The first-order valence-corrected chi connectivity index (χ1v) is 13.6. The van der Waals surface area contributed by atoms with Gasteiger partial charge in [-0.05, 0) is 110 Å². The lowest BCUT2D eigenvalue weighted by Crippen LogP contribution is -1.85. The minimum atomic E-state index is 0.938. The number of H-pyrrole nitrogens is 2. The normalized spacial score (nSPS) is 13.3. The zero-order valence-electron chi connectivity index (χ0n) is 23.1. The van der Waals surface area contributed by atoms with Crippen molar-refractivity contribution in [2.45, 2.75) is 54.4 Å². The summed E-state index contributed by atoms with van der Waals surface area (Å²) in [4.78, 5) is 17.8. The molecule has 2 N–H and O–H groups in total. The number of rotatable bonds is 3. The number of aromatic amines is 2. The standard InChI is InChI=1S/C34H34N4/c1-7-24-21(5)28-16-26-19(3)14-32(35-26)34(23-12-10-9-11-13-23)33-15-20(4)27(36-33)17-29-22(6)25(8-2)31(38-29)18-30(24)37-28/h9-18,35,37H,7-8H2,1-6H3. The Morgan fingerprint density at radius 1 is 0.684 bits per heavy atom. The van der Waals surface area contributed by atoms with Crippen molar-refractivity contribution in [3.05, 3.63) is 94.1 Å². The van der Waals surface area contributed by atoms with E-state index in [0.29, 0.717) is 0 Å². The maximum absolute atomic E-state index is 5.16. The second-order valence-corrected chi connectivity index (χ2v) is 10.4. The molecule has 0 fully saturated rings. The first-order valence-electron chi connectivity index (χ1n) is 13.6. The largest absolute Gasteiger partial charge is 0.355 e. The summed E-state index contributed by atoms with van der Waals surface area (Å²) >= 11 is 0. The number of hydrogen-bond donors (Lipinski definition) is 2. The van der Waals surface area contributed by atoms with Gasteiger partial charge < -0.3 is 9.97 Å². The van der Waals surface area contributed by atoms with E-state index < -0.39 is 0 Å². The Kier molecular flexibility index (Phi) is 5.91. The number of nitrogens with one attached hydrogen (secondary N) is 2. The van der Waals surface area contributed by atoms with Crippen LogP contribution < -0.4 is 0 Å². The van der Waals surface area contributed by atoms with E-state index >= 15 is 0 Å². The van der Waals surface area contributed by atoms with Crippen LogP contribution in [-0.2, 0) is 6.42 Å². The lowest BCUT2D eigenvalue weighted by Gasteiger charge is -2.03. The molecule has 2 aliphatic heterocycles. The molecule has 0 unspecified atom stereocenters. The van der Waals surface area contributed by atoms with Crippen molar-refractivity contribution in [2.24, 2.45) is 0 Å². The molecule has 1 aromatic carbocycles. The number of benzene rings is 1. The SMILES string of the molecule is CCC1=C(C)c2cc3nc(c(-c4ccccc4)c4cc(C)c(cc5[nH]c(cc1n2)c(CC)c5C)[nH]4)C=C3C. The molecule has 0 spiro atoms. The predicted molar refractivity (Wildman–Crippen MR) is 162 cm³/mol. The molecule has 3 aromatic heterocycles. The zero-order chi connectivity index (χ0) is 26.6. The molecule has 190 valence electrons. The summed E-state index contributed by atoms with van der Waals surface area (Å²) in [6.45, 7) is 13.2. The van der Waals surface area contributed by atoms with Crippen LogP contribution >= 0.6 is 0 Å². The van der Waals surface area contributed by atoms with Gasteiger partial charge in [0.15, 0.2) is 0 Å². The molecule has 2 aliphatic rings. The van der Waals surface area contributed by atoms with Gasteiger partial charge in [-0.3, -0.25) is 0 Å². The highest BCUT2D eigenvalue weighted by Crippen LogP contribution is 2.36. The van der Waals surface area contributed by atoms with Gasteiger partial charge in [0.1, 0.15) is 0 Å². The summed E-state index contributed by atoms with van der Waals surface area (Å²) < 4.78 is 0. The molecular weight excluding hydrogens is 464 g/mol. The van der Waals surface area contributed by atoms with Crippen molar-refractivity contribution >= 4 is 44.9 Å². The molecule has 0 radical (unpaired) electrons.